The molecule has 0 bridgehead atoms. The van der Waals surface area contributed by atoms with E-state index in [1.54, 1.807) is 14.0 Å². The Bertz CT molecular complexity index is 1300. The Morgan fingerprint density at radius 3 is 2.54 bits per heavy atom. The lowest BCUT2D eigenvalue weighted by atomic mass is 9.86. The van der Waals surface area contributed by atoms with Gasteiger partial charge in [-0.15, -0.1) is 0 Å². The highest BCUT2D eigenvalue weighted by Gasteiger charge is 2.26. The molecule has 1 aliphatic rings. The first-order valence-corrected chi connectivity index (χ1v) is 11.4. The van der Waals surface area contributed by atoms with Crippen LogP contribution >= 0.6 is 0 Å². The summed E-state index contributed by atoms with van der Waals surface area (Å²) in [6, 6.07) is 15.1. The van der Waals surface area contributed by atoms with Gasteiger partial charge in [-0.1, -0.05) is 30.3 Å². The maximum Gasteiger partial charge on any atom is 0.413 e. The number of nitrogens with zero attached hydrogens (tertiary/aromatic N) is 1. The van der Waals surface area contributed by atoms with E-state index in [2.05, 4.69) is 10.8 Å². The molecule has 0 saturated carbocycles. The van der Waals surface area contributed by atoms with Crippen LogP contribution in [0.3, 0.4) is 0 Å². The molecule has 3 aromatic rings. The maximum absolute atomic E-state index is 13.2. The molecular formula is C27H26N2O6. The summed E-state index contributed by atoms with van der Waals surface area (Å²) >= 11 is 0. The van der Waals surface area contributed by atoms with Gasteiger partial charge in [0.15, 0.2) is 6.61 Å². The first kappa shape index (κ1) is 23.9. The first-order chi connectivity index (χ1) is 17.0. The highest BCUT2D eigenvalue weighted by Crippen LogP contribution is 2.36. The fourth-order valence-electron chi connectivity index (χ4n) is 4.13. The highest BCUT2D eigenvalue weighted by molar-refractivity contribution is 6.07. The smallest absolute Gasteiger partial charge is 0.413 e. The van der Waals surface area contributed by atoms with Crippen LogP contribution in [-0.4, -0.2) is 43.3 Å². The molecule has 8 heteroatoms. The minimum absolute atomic E-state index is 0.125. The highest BCUT2D eigenvalue weighted by atomic mass is 16.6. The summed E-state index contributed by atoms with van der Waals surface area (Å²) in [6.45, 7) is 1.15. The average molecular weight is 475 g/mol. The zero-order chi connectivity index (χ0) is 24.8. The number of allylic oxidation sites excluding steroid dienone is 1. The van der Waals surface area contributed by atoms with Crippen molar-refractivity contribution in [3.63, 3.8) is 0 Å². The number of rotatable bonds is 6. The molecule has 4 rings (SSSR count). The second-order valence-electron chi connectivity index (χ2n) is 7.97. The number of amides is 2. The van der Waals surface area contributed by atoms with Crippen LogP contribution in [0.1, 0.15) is 46.9 Å². The van der Waals surface area contributed by atoms with Crippen LogP contribution in [0.15, 0.2) is 48.5 Å². The molecule has 1 aromatic heterocycles. The number of fused-ring (bicyclic) bond motifs is 2. The second kappa shape index (κ2) is 10.8. The lowest BCUT2D eigenvalue weighted by molar-refractivity contribution is -0.123. The topological polar surface area (TPSA) is 104 Å². The van der Waals surface area contributed by atoms with Crippen molar-refractivity contribution in [3.05, 3.63) is 70.9 Å². The van der Waals surface area contributed by atoms with Crippen LogP contribution in [0, 0.1) is 0 Å². The van der Waals surface area contributed by atoms with Crippen LogP contribution < -0.4 is 10.1 Å². The number of pyridine rings is 1. The Balaban J connectivity index is 1.67. The average Bonchev–Trinajstić information content (AvgIpc) is 2.87. The summed E-state index contributed by atoms with van der Waals surface area (Å²) in [5.41, 5.74) is 4.64. The molecule has 0 atom stereocenters. The zero-order valence-electron chi connectivity index (χ0n) is 19.6. The van der Waals surface area contributed by atoms with Crippen LogP contribution in [0.4, 0.5) is 4.79 Å². The number of hydrogen-bond acceptors (Lipinski definition) is 7. The Labute approximate surface area is 202 Å². The number of para-hydroxylation sites is 1. The standard InChI is InChI=1S/C27H26N2O6/c1-3-34-27(32)29-23(30)16-35-26(31)24-20-8-4-5-10-22(20)28-25-18(7-6-9-21(24)25)15-17-11-13-19(33-2)14-12-17/h4-5,8,10-15H,3,6-7,9,16H2,1-2H3,(H,29,30,32)/b18-15+. The van der Waals surface area contributed by atoms with E-state index in [0.717, 1.165) is 41.0 Å². The van der Waals surface area contributed by atoms with Crippen molar-refractivity contribution < 1.29 is 28.6 Å². The van der Waals surface area contributed by atoms with Crippen molar-refractivity contribution in [1.82, 2.24) is 10.3 Å². The van der Waals surface area contributed by atoms with Gasteiger partial charge in [-0.3, -0.25) is 10.1 Å². The summed E-state index contributed by atoms with van der Waals surface area (Å²) in [5.74, 6) is -0.619. The number of benzene rings is 2. The molecule has 1 heterocycles. The summed E-state index contributed by atoms with van der Waals surface area (Å²) in [4.78, 5) is 41.5. The second-order valence-corrected chi connectivity index (χ2v) is 7.97. The summed E-state index contributed by atoms with van der Waals surface area (Å²) in [6.07, 6.45) is 3.52. The number of nitrogens with one attached hydrogen (secondary N) is 1. The predicted octanol–water partition coefficient (Wildman–Crippen LogP) is 4.55. The molecular weight excluding hydrogens is 448 g/mol. The van der Waals surface area contributed by atoms with Gasteiger partial charge in [-0.25, -0.2) is 14.6 Å². The lowest BCUT2D eigenvalue weighted by Gasteiger charge is -2.22. The van der Waals surface area contributed by atoms with Crippen molar-refractivity contribution in [2.45, 2.75) is 26.2 Å². The molecule has 0 radical (unpaired) electrons. The number of carbonyl (C=O) groups is 3. The summed E-state index contributed by atoms with van der Waals surface area (Å²) in [5, 5.41) is 2.68. The van der Waals surface area contributed by atoms with E-state index in [0.29, 0.717) is 22.9 Å². The Kier molecular flexibility index (Phi) is 7.40. The van der Waals surface area contributed by atoms with E-state index in [1.807, 2.05) is 53.8 Å². The van der Waals surface area contributed by atoms with E-state index in [9.17, 15) is 14.4 Å². The molecule has 2 aromatic carbocycles. The molecule has 2 amide bonds. The van der Waals surface area contributed by atoms with Crippen molar-refractivity contribution >= 4 is 40.5 Å². The number of hydrogen-bond donors (Lipinski definition) is 1. The number of imide groups is 1. The van der Waals surface area contributed by atoms with Crippen molar-refractivity contribution in [2.75, 3.05) is 20.3 Å². The largest absolute Gasteiger partial charge is 0.497 e. The quantitative estimate of drug-likeness (QED) is 0.523. The van der Waals surface area contributed by atoms with E-state index < -0.39 is 24.6 Å². The number of ether oxygens (including phenoxy) is 3. The van der Waals surface area contributed by atoms with Gasteiger partial charge < -0.3 is 14.2 Å². The van der Waals surface area contributed by atoms with E-state index in [-0.39, 0.29) is 6.61 Å². The normalized spacial score (nSPS) is 13.7. The van der Waals surface area contributed by atoms with Gasteiger partial charge in [-0.05, 0) is 67.2 Å². The Morgan fingerprint density at radius 2 is 1.80 bits per heavy atom. The Morgan fingerprint density at radius 1 is 1.03 bits per heavy atom. The minimum Gasteiger partial charge on any atom is -0.497 e. The molecule has 1 aliphatic carbocycles. The molecule has 35 heavy (non-hydrogen) atoms. The van der Waals surface area contributed by atoms with Crippen molar-refractivity contribution in [2.24, 2.45) is 0 Å². The number of methoxy groups -OCH3 is 1. The van der Waals surface area contributed by atoms with Gasteiger partial charge in [0.05, 0.1) is 30.5 Å². The SMILES string of the molecule is CCOC(=O)NC(=O)COC(=O)c1c2c(nc3ccccc13)/C(=C/c1ccc(OC)cc1)CCC2. The van der Waals surface area contributed by atoms with E-state index in [1.165, 1.54) is 0 Å². The minimum atomic E-state index is -0.881. The predicted molar refractivity (Wildman–Crippen MR) is 131 cm³/mol. The molecule has 8 nitrogen and oxygen atoms in total. The van der Waals surface area contributed by atoms with Gasteiger partial charge in [0.2, 0.25) is 0 Å². The van der Waals surface area contributed by atoms with Gasteiger partial charge in [0.25, 0.3) is 5.91 Å². The van der Waals surface area contributed by atoms with Gasteiger partial charge in [0, 0.05) is 5.39 Å². The summed E-state index contributed by atoms with van der Waals surface area (Å²) < 4.78 is 15.2. The van der Waals surface area contributed by atoms with Crippen molar-refractivity contribution in [1.29, 1.82) is 0 Å². The maximum atomic E-state index is 13.2. The third kappa shape index (κ3) is 5.48. The third-order valence-electron chi connectivity index (χ3n) is 5.68. The monoisotopic (exact) mass is 474 g/mol. The zero-order valence-corrected chi connectivity index (χ0v) is 19.6. The Hall–Kier alpha value is -4.20. The first-order valence-electron chi connectivity index (χ1n) is 11.4. The fourth-order valence-corrected chi connectivity index (χ4v) is 4.13. The molecule has 0 aliphatic heterocycles. The number of aromatic nitrogens is 1. The van der Waals surface area contributed by atoms with Gasteiger partial charge in [0.1, 0.15) is 5.75 Å². The van der Waals surface area contributed by atoms with Crippen LogP contribution in [0.25, 0.3) is 22.6 Å². The number of carbonyl (C=O) groups excluding carboxylic acids is 3. The molecule has 0 spiro atoms. The van der Waals surface area contributed by atoms with E-state index >= 15 is 0 Å². The molecule has 0 fully saturated rings. The number of alkyl carbamates (subject to hydrolysis) is 1. The third-order valence-corrected chi connectivity index (χ3v) is 5.68. The molecule has 180 valence electrons. The van der Waals surface area contributed by atoms with Crippen LogP contribution in [0.5, 0.6) is 5.75 Å². The molecule has 1 N–H and O–H groups in total. The van der Waals surface area contributed by atoms with Gasteiger partial charge in [-0.2, -0.15) is 0 Å². The molecule has 0 unspecified atom stereocenters. The van der Waals surface area contributed by atoms with E-state index in [4.69, 9.17) is 14.5 Å². The van der Waals surface area contributed by atoms with Crippen molar-refractivity contribution in [3.8, 4) is 5.75 Å². The van der Waals surface area contributed by atoms with Crippen LogP contribution in [-0.2, 0) is 20.7 Å². The molecule has 0 saturated heterocycles. The fraction of sp³-hybridized carbons (Fsp3) is 0.259. The van der Waals surface area contributed by atoms with Gasteiger partial charge >= 0.3 is 12.1 Å². The van der Waals surface area contributed by atoms with Crippen LogP contribution in [0.2, 0.25) is 0 Å². The summed E-state index contributed by atoms with van der Waals surface area (Å²) in [7, 11) is 1.63. The number of esters is 1. The lowest BCUT2D eigenvalue weighted by Crippen LogP contribution is -2.34.